The minimum Gasteiger partial charge on any atom is -0.394 e. The molecule has 2 rings (SSSR count). The maximum Gasteiger partial charge on any atom is 0.157 e. The molecule has 0 fully saturated rings. The van der Waals surface area contributed by atoms with E-state index >= 15 is 0 Å². The first kappa shape index (κ1) is 10.7. The molecule has 0 aliphatic carbocycles. The second-order valence-electron chi connectivity index (χ2n) is 3.41. The van der Waals surface area contributed by atoms with Crippen LogP contribution in [0, 0.1) is 6.92 Å². The second-order valence-corrected chi connectivity index (χ2v) is 3.85. The Morgan fingerprint density at radius 1 is 1.38 bits per heavy atom. The zero-order chi connectivity index (χ0) is 11.5. The highest BCUT2D eigenvalue weighted by atomic mass is 35.5. The van der Waals surface area contributed by atoms with Crippen molar-refractivity contribution in [1.29, 1.82) is 0 Å². The number of halogens is 1. The van der Waals surface area contributed by atoms with Crippen molar-refractivity contribution < 1.29 is 0 Å². The van der Waals surface area contributed by atoms with Crippen molar-refractivity contribution in [3.63, 3.8) is 0 Å². The largest absolute Gasteiger partial charge is 0.394 e. The number of nitrogen functional groups attached to an aromatic ring is 1. The predicted molar refractivity (Wildman–Crippen MR) is 65.9 cm³/mol. The van der Waals surface area contributed by atoms with Gasteiger partial charge in [-0.1, -0.05) is 17.7 Å². The van der Waals surface area contributed by atoms with Gasteiger partial charge in [0.25, 0.3) is 0 Å². The highest BCUT2D eigenvalue weighted by Crippen LogP contribution is 2.25. The molecule has 4 nitrogen and oxygen atoms in total. The fourth-order valence-electron chi connectivity index (χ4n) is 1.30. The van der Waals surface area contributed by atoms with Crippen LogP contribution in [-0.2, 0) is 0 Å². The summed E-state index contributed by atoms with van der Waals surface area (Å²) in [5.74, 6) is 0.584. The van der Waals surface area contributed by atoms with Crippen molar-refractivity contribution in [2.45, 2.75) is 6.92 Å². The van der Waals surface area contributed by atoms with Crippen LogP contribution >= 0.6 is 11.6 Å². The standard InChI is InChI=1S/C11H11ClN4/c1-7-2-3-8(12)4-10(7)16-11-9(13)5-14-6-15-11/h2-6H,13H2,1H3,(H,14,15,16). The molecule has 0 saturated carbocycles. The third-order valence-corrected chi connectivity index (χ3v) is 2.43. The quantitative estimate of drug-likeness (QED) is 0.839. The average Bonchev–Trinajstić information content (AvgIpc) is 2.27. The van der Waals surface area contributed by atoms with E-state index < -0.39 is 0 Å². The van der Waals surface area contributed by atoms with E-state index in [4.69, 9.17) is 17.3 Å². The molecular formula is C11H11ClN4. The molecule has 0 bridgehead atoms. The molecule has 0 amide bonds. The topological polar surface area (TPSA) is 63.8 Å². The summed E-state index contributed by atoms with van der Waals surface area (Å²) < 4.78 is 0. The monoisotopic (exact) mass is 234 g/mol. The molecule has 3 N–H and O–H groups in total. The van der Waals surface area contributed by atoms with Crippen molar-refractivity contribution in [2.24, 2.45) is 0 Å². The Labute approximate surface area is 98.5 Å². The molecule has 0 unspecified atom stereocenters. The zero-order valence-corrected chi connectivity index (χ0v) is 9.49. The zero-order valence-electron chi connectivity index (χ0n) is 8.74. The van der Waals surface area contributed by atoms with E-state index in [1.54, 1.807) is 6.20 Å². The normalized spacial score (nSPS) is 10.1. The van der Waals surface area contributed by atoms with Gasteiger partial charge in [0.05, 0.1) is 11.9 Å². The molecule has 0 aliphatic rings. The number of nitrogens with two attached hydrogens (primary N) is 1. The fraction of sp³-hybridized carbons (Fsp3) is 0.0909. The smallest absolute Gasteiger partial charge is 0.157 e. The molecule has 16 heavy (non-hydrogen) atoms. The van der Waals surface area contributed by atoms with Gasteiger partial charge < -0.3 is 11.1 Å². The predicted octanol–water partition coefficient (Wildman–Crippen LogP) is 2.76. The van der Waals surface area contributed by atoms with E-state index in [0.717, 1.165) is 11.3 Å². The van der Waals surface area contributed by atoms with E-state index in [0.29, 0.717) is 16.5 Å². The summed E-state index contributed by atoms with van der Waals surface area (Å²) in [6.07, 6.45) is 2.99. The first-order chi connectivity index (χ1) is 7.66. The third-order valence-electron chi connectivity index (χ3n) is 2.19. The van der Waals surface area contributed by atoms with Gasteiger partial charge in [-0.2, -0.15) is 0 Å². The van der Waals surface area contributed by atoms with Gasteiger partial charge in [-0.05, 0) is 24.6 Å². The molecule has 0 radical (unpaired) electrons. The minimum atomic E-state index is 0.502. The maximum absolute atomic E-state index is 5.92. The van der Waals surface area contributed by atoms with Gasteiger partial charge in [0.2, 0.25) is 0 Å². The summed E-state index contributed by atoms with van der Waals surface area (Å²) in [5.41, 5.74) is 8.20. The summed E-state index contributed by atoms with van der Waals surface area (Å²) >= 11 is 5.92. The van der Waals surface area contributed by atoms with E-state index in [-0.39, 0.29) is 0 Å². The number of hydrogen-bond acceptors (Lipinski definition) is 4. The van der Waals surface area contributed by atoms with Gasteiger partial charge in [0, 0.05) is 10.7 Å². The Kier molecular flexibility index (Phi) is 2.92. The number of hydrogen-bond donors (Lipinski definition) is 2. The van der Waals surface area contributed by atoms with E-state index in [9.17, 15) is 0 Å². The Morgan fingerprint density at radius 2 is 2.19 bits per heavy atom. The van der Waals surface area contributed by atoms with Gasteiger partial charge >= 0.3 is 0 Å². The molecule has 0 spiro atoms. The number of anilines is 3. The maximum atomic E-state index is 5.92. The van der Waals surface area contributed by atoms with Crippen molar-refractivity contribution in [1.82, 2.24) is 9.97 Å². The van der Waals surface area contributed by atoms with Crippen LogP contribution < -0.4 is 11.1 Å². The molecule has 0 saturated heterocycles. The Balaban J connectivity index is 2.34. The molecule has 82 valence electrons. The molecule has 0 atom stereocenters. The Bertz CT molecular complexity index is 513. The molecule has 1 aromatic heterocycles. The highest BCUT2D eigenvalue weighted by molar-refractivity contribution is 6.30. The van der Waals surface area contributed by atoms with Crippen LogP contribution in [0.4, 0.5) is 17.2 Å². The van der Waals surface area contributed by atoms with Gasteiger partial charge in [0.15, 0.2) is 5.82 Å². The van der Waals surface area contributed by atoms with Crippen LogP contribution in [-0.4, -0.2) is 9.97 Å². The van der Waals surface area contributed by atoms with Crippen LogP contribution in [0.3, 0.4) is 0 Å². The van der Waals surface area contributed by atoms with Crippen LogP contribution in [0.15, 0.2) is 30.7 Å². The first-order valence-electron chi connectivity index (χ1n) is 4.75. The molecule has 2 aromatic rings. The van der Waals surface area contributed by atoms with Crippen molar-refractivity contribution in [3.05, 3.63) is 41.3 Å². The second kappa shape index (κ2) is 4.37. The summed E-state index contributed by atoms with van der Waals surface area (Å²) in [7, 11) is 0. The van der Waals surface area contributed by atoms with Gasteiger partial charge in [0.1, 0.15) is 6.33 Å². The van der Waals surface area contributed by atoms with Crippen molar-refractivity contribution in [2.75, 3.05) is 11.1 Å². The van der Waals surface area contributed by atoms with E-state index in [1.165, 1.54) is 6.33 Å². The van der Waals surface area contributed by atoms with Crippen LogP contribution in [0.5, 0.6) is 0 Å². The molecule has 5 heteroatoms. The Hall–Kier alpha value is -1.81. The minimum absolute atomic E-state index is 0.502. The molecule has 0 aliphatic heterocycles. The number of nitrogens with zero attached hydrogens (tertiary/aromatic N) is 2. The van der Waals surface area contributed by atoms with Crippen molar-refractivity contribution >= 4 is 28.8 Å². The summed E-state index contributed by atoms with van der Waals surface area (Å²) in [4.78, 5) is 7.88. The lowest BCUT2D eigenvalue weighted by Crippen LogP contribution is -2.00. The summed E-state index contributed by atoms with van der Waals surface area (Å²) in [5, 5.41) is 3.79. The fourth-order valence-corrected chi connectivity index (χ4v) is 1.47. The van der Waals surface area contributed by atoms with Crippen LogP contribution in [0.1, 0.15) is 5.56 Å². The van der Waals surface area contributed by atoms with E-state index in [2.05, 4.69) is 15.3 Å². The summed E-state index contributed by atoms with van der Waals surface area (Å²) in [6, 6.07) is 5.60. The lowest BCUT2D eigenvalue weighted by atomic mass is 10.2. The number of rotatable bonds is 2. The number of aryl methyl sites for hydroxylation is 1. The number of aromatic nitrogens is 2. The third kappa shape index (κ3) is 2.23. The lowest BCUT2D eigenvalue weighted by molar-refractivity contribution is 1.17. The number of benzene rings is 1. The number of nitrogens with one attached hydrogen (secondary N) is 1. The average molecular weight is 235 g/mol. The lowest BCUT2D eigenvalue weighted by Gasteiger charge is -2.10. The van der Waals surface area contributed by atoms with E-state index in [1.807, 2.05) is 25.1 Å². The van der Waals surface area contributed by atoms with Gasteiger partial charge in [-0.25, -0.2) is 9.97 Å². The SMILES string of the molecule is Cc1ccc(Cl)cc1Nc1ncncc1N. The molecule has 1 heterocycles. The summed E-state index contributed by atoms with van der Waals surface area (Å²) in [6.45, 7) is 1.98. The van der Waals surface area contributed by atoms with Gasteiger partial charge in [-0.3, -0.25) is 0 Å². The van der Waals surface area contributed by atoms with Crippen LogP contribution in [0.2, 0.25) is 5.02 Å². The molecule has 1 aromatic carbocycles. The molecular weight excluding hydrogens is 224 g/mol. The van der Waals surface area contributed by atoms with Crippen LogP contribution in [0.25, 0.3) is 0 Å². The Morgan fingerprint density at radius 3 is 2.94 bits per heavy atom. The first-order valence-corrected chi connectivity index (χ1v) is 5.13. The van der Waals surface area contributed by atoms with Gasteiger partial charge in [-0.15, -0.1) is 0 Å². The van der Waals surface area contributed by atoms with Crippen molar-refractivity contribution in [3.8, 4) is 0 Å². The highest BCUT2D eigenvalue weighted by Gasteiger charge is 2.03.